The molecule has 140 valence electrons. The molecule has 0 bridgehead atoms. The molecule has 25 heavy (non-hydrogen) atoms. The fraction of sp³-hybridized carbons (Fsp3) is 0.529. The summed E-state index contributed by atoms with van der Waals surface area (Å²) in [5.41, 5.74) is 5.31. The summed E-state index contributed by atoms with van der Waals surface area (Å²) in [6.07, 6.45) is -0.330. The minimum atomic E-state index is -0.660. The first-order valence-corrected chi connectivity index (χ1v) is 8.63. The number of halogens is 2. The second-order valence-corrected chi connectivity index (χ2v) is 7.57. The Morgan fingerprint density at radius 2 is 2.00 bits per heavy atom. The van der Waals surface area contributed by atoms with E-state index in [0.29, 0.717) is 0 Å². The Balaban J connectivity index is 2.76. The lowest BCUT2D eigenvalue weighted by Crippen LogP contribution is -2.42. The maximum absolute atomic E-state index is 14.1. The number of nitrogens with one attached hydrogen (secondary N) is 1. The quantitative estimate of drug-likeness (QED) is 0.709. The van der Waals surface area contributed by atoms with Crippen LogP contribution in [0, 0.1) is 12.7 Å². The van der Waals surface area contributed by atoms with Gasteiger partial charge in [-0.05, 0) is 67.7 Å². The number of alkyl carbamates (subject to hydrolysis) is 1. The third kappa shape index (κ3) is 8.20. The Morgan fingerprint density at radius 1 is 1.36 bits per heavy atom. The summed E-state index contributed by atoms with van der Waals surface area (Å²) >= 11 is 3.12. The number of hydrogen-bond donors (Lipinski definition) is 2. The smallest absolute Gasteiger partial charge is 0.407 e. The lowest BCUT2D eigenvalue weighted by atomic mass is 10.1. The average Bonchev–Trinajstić information content (AvgIpc) is 2.44. The maximum Gasteiger partial charge on any atom is 0.407 e. The number of carbonyl (C=O) groups excluding carboxylic acids is 2. The van der Waals surface area contributed by atoms with E-state index < -0.39 is 29.5 Å². The van der Waals surface area contributed by atoms with Gasteiger partial charge in [-0.15, -0.1) is 0 Å². The number of ether oxygens (including phenoxy) is 2. The van der Waals surface area contributed by atoms with Gasteiger partial charge in [-0.1, -0.05) is 0 Å². The first-order valence-electron chi connectivity index (χ1n) is 7.84. The number of aryl methyl sites for hydroxylation is 1. The molecule has 0 spiro atoms. The predicted octanol–water partition coefficient (Wildman–Crippen LogP) is 3.43. The highest BCUT2D eigenvalue weighted by Crippen LogP contribution is 2.27. The van der Waals surface area contributed by atoms with E-state index in [0.717, 1.165) is 5.56 Å². The van der Waals surface area contributed by atoms with E-state index in [1.807, 2.05) is 0 Å². The van der Waals surface area contributed by atoms with E-state index in [1.54, 1.807) is 39.8 Å². The number of hydrogen-bond acceptors (Lipinski definition) is 4. The monoisotopic (exact) mass is 418 g/mol. The van der Waals surface area contributed by atoms with Crippen molar-refractivity contribution in [3.05, 3.63) is 28.0 Å². The number of benzene rings is 1. The van der Waals surface area contributed by atoms with Crippen LogP contribution in [0.2, 0.25) is 0 Å². The summed E-state index contributed by atoms with van der Waals surface area (Å²) in [6.45, 7) is 6.99. The molecule has 2 amide bonds. The Hall–Kier alpha value is -1.83. The Labute approximate surface area is 155 Å². The van der Waals surface area contributed by atoms with E-state index in [9.17, 15) is 14.0 Å². The molecule has 0 fully saturated rings. The Morgan fingerprint density at radius 3 is 2.56 bits per heavy atom. The van der Waals surface area contributed by atoms with Gasteiger partial charge >= 0.3 is 6.09 Å². The van der Waals surface area contributed by atoms with Crippen LogP contribution in [0.5, 0.6) is 5.75 Å². The van der Waals surface area contributed by atoms with Gasteiger partial charge in [-0.3, -0.25) is 4.79 Å². The molecule has 8 heteroatoms. The van der Waals surface area contributed by atoms with E-state index in [-0.39, 0.29) is 29.7 Å². The number of carbonyl (C=O) groups is 2. The van der Waals surface area contributed by atoms with E-state index >= 15 is 0 Å². The van der Waals surface area contributed by atoms with Crippen LogP contribution >= 0.6 is 15.9 Å². The van der Waals surface area contributed by atoms with Crippen LogP contribution in [0.4, 0.5) is 9.18 Å². The lowest BCUT2D eigenvalue weighted by Gasteiger charge is -2.24. The second kappa shape index (κ2) is 9.03. The Kier molecular flexibility index (Phi) is 7.66. The van der Waals surface area contributed by atoms with Gasteiger partial charge in [0.1, 0.15) is 12.2 Å². The first-order chi connectivity index (χ1) is 11.5. The summed E-state index contributed by atoms with van der Waals surface area (Å²) < 4.78 is 25.0. The van der Waals surface area contributed by atoms with Crippen LogP contribution in [0.3, 0.4) is 0 Å². The van der Waals surface area contributed by atoms with Crippen molar-refractivity contribution in [1.29, 1.82) is 0 Å². The molecule has 1 unspecified atom stereocenters. The summed E-state index contributed by atoms with van der Waals surface area (Å²) in [5, 5.41) is 2.62. The van der Waals surface area contributed by atoms with Crippen LogP contribution in [0.1, 0.15) is 39.2 Å². The largest absolute Gasteiger partial charge is 0.488 e. The van der Waals surface area contributed by atoms with Crippen molar-refractivity contribution >= 4 is 27.9 Å². The van der Waals surface area contributed by atoms with Crippen molar-refractivity contribution in [2.75, 3.05) is 6.61 Å². The van der Waals surface area contributed by atoms with Crippen molar-refractivity contribution < 1.29 is 23.5 Å². The molecule has 6 nitrogen and oxygen atoms in total. The van der Waals surface area contributed by atoms with Crippen LogP contribution in [-0.2, 0) is 9.53 Å². The van der Waals surface area contributed by atoms with Gasteiger partial charge in [-0.2, -0.15) is 0 Å². The van der Waals surface area contributed by atoms with Gasteiger partial charge in [0, 0.05) is 6.42 Å². The van der Waals surface area contributed by atoms with Gasteiger partial charge in [0.15, 0.2) is 11.6 Å². The summed E-state index contributed by atoms with van der Waals surface area (Å²) in [4.78, 5) is 22.9. The topological polar surface area (TPSA) is 90.6 Å². The van der Waals surface area contributed by atoms with Crippen molar-refractivity contribution in [1.82, 2.24) is 5.32 Å². The molecule has 1 atom stereocenters. The standard InChI is InChI=1S/C17H24BrFN2O4/c1-10-7-12(18)15(19)13(8-10)24-9-11(5-6-14(20)22)21-16(23)25-17(2,3)4/h7-8,11H,5-6,9H2,1-4H3,(H2,20,22)(H,21,23). The molecule has 0 heterocycles. The zero-order valence-corrected chi connectivity index (χ0v) is 16.4. The highest BCUT2D eigenvalue weighted by molar-refractivity contribution is 9.10. The van der Waals surface area contributed by atoms with Gasteiger partial charge in [-0.25, -0.2) is 9.18 Å². The average molecular weight is 419 g/mol. The van der Waals surface area contributed by atoms with E-state index in [4.69, 9.17) is 15.2 Å². The molecule has 0 aliphatic carbocycles. The fourth-order valence-electron chi connectivity index (χ4n) is 1.98. The van der Waals surface area contributed by atoms with Crippen molar-refractivity contribution in [3.8, 4) is 5.75 Å². The van der Waals surface area contributed by atoms with Gasteiger partial charge < -0.3 is 20.5 Å². The minimum absolute atomic E-state index is 0.0284. The zero-order chi connectivity index (χ0) is 19.2. The van der Waals surface area contributed by atoms with E-state index in [2.05, 4.69) is 21.2 Å². The molecule has 0 aliphatic heterocycles. The van der Waals surface area contributed by atoms with Crippen LogP contribution in [-0.4, -0.2) is 30.3 Å². The molecular formula is C17H24BrFN2O4. The predicted molar refractivity (Wildman–Crippen MR) is 95.9 cm³/mol. The summed E-state index contributed by atoms with van der Waals surface area (Å²) in [6, 6.07) is 2.63. The molecule has 1 aromatic rings. The highest BCUT2D eigenvalue weighted by atomic mass is 79.9. The third-order valence-corrected chi connectivity index (χ3v) is 3.62. The highest BCUT2D eigenvalue weighted by Gasteiger charge is 2.21. The van der Waals surface area contributed by atoms with Crippen molar-refractivity contribution in [3.63, 3.8) is 0 Å². The van der Waals surface area contributed by atoms with Gasteiger partial charge in [0.25, 0.3) is 0 Å². The maximum atomic E-state index is 14.1. The molecule has 0 saturated carbocycles. The number of amides is 2. The van der Waals surface area contributed by atoms with E-state index in [1.165, 1.54) is 0 Å². The normalized spacial score (nSPS) is 12.4. The zero-order valence-electron chi connectivity index (χ0n) is 14.8. The van der Waals surface area contributed by atoms with Crippen molar-refractivity contribution in [2.24, 2.45) is 5.73 Å². The molecule has 0 radical (unpaired) electrons. The molecule has 1 aromatic carbocycles. The molecule has 0 aromatic heterocycles. The molecule has 0 aliphatic rings. The molecule has 0 saturated heterocycles. The molecule has 3 N–H and O–H groups in total. The van der Waals surface area contributed by atoms with Crippen molar-refractivity contribution in [2.45, 2.75) is 52.2 Å². The molecule has 1 rings (SSSR count). The third-order valence-electron chi connectivity index (χ3n) is 3.04. The first kappa shape index (κ1) is 21.2. The van der Waals surface area contributed by atoms with Gasteiger partial charge in [0.05, 0.1) is 10.5 Å². The lowest BCUT2D eigenvalue weighted by molar-refractivity contribution is -0.118. The molecular weight excluding hydrogens is 395 g/mol. The number of nitrogens with two attached hydrogens (primary N) is 1. The fourth-order valence-corrected chi connectivity index (χ4v) is 2.53. The van der Waals surface area contributed by atoms with Gasteiger partial charge in [0.2, 0.25) is 5.91 Å². The van der Waals surface area contributed by atoms with Crippen LogP contribution < -0.4 is 15.8 Å². The van der Waals surface area contributed by atoms with Crippen LogP contribution in [0.15, 0.2) is 16.6 Å². The number of primary amides is 1. The summed E-state index contributed by atoms with van der Waals surface area (Å²) in [7, 11) is 0. The van der Waals surface area contributed by atoms with Crippen LogP contribution in [0.25, 0.3) is 0 Å². The number of rotatable bonds is 7. The Bertz CT molecular complexity index is 632. The SMILES string of the molecule is Cc1cc(Br)c(F)c(OCC(CCC(N)=O)NC(=O)OC(C)(C)C)c1. The minimum Gasteiger partial charge on any atom is -0.488 e. The summed E-state index contributed by atoms with van der Waals surface area (Å²) in [5.74, 6) is -0.973. The second-order valence-electron chi connectivity index (χ2n) is 6.72.